The smallest absolute Gasteiger partial charge is 0.312 e. The first-order valence-corrected chi connectivity index (χ1v) is 6.54. The number of carbonyl (C=O) groups is 2. The fourth-order valence-electron chi connectivity index (χ4n) is 2.33. The van der Waals surface area contributed by atoms with Gasteiger partial charge in [0.2, 0.25) is 5.91 Å². The molecule has 1 saturated heterocycles. The van der Waals surface area contributed by atoms with Crippen molar-refractivity contribution in [2.45, 2.75) is 19.9 Å². The van der Waals surface area contributed by atoms with E-state index in [9.17, 15) is 9.59 Å². The van der Waals surface area contributed by atoms with E-state index in [1.54, 1.807) is 19.0 Å². The molecule has 1 rings (SSSR count). The summed E-state index contributed by atoms with van der Waals surface area (Å²) in [4.78, 5) is 27.6. The summed E-state index contributed by atoms with van der Waals surface area (Å²) in [5.41, 5.74) is -0.614. The van der Waals surface area contributed by atoms with Gasteiger partial charge in [0.25, 0.3) is 0 Å². The van der Waals surface area contributed by atoms with Crippen molar-refractivity contribution >= 4 is 11.9 Å². The minimum Gasteiger partial charge on any atom is -0.469 e. The molecule has 6 nitrogen and oxygen atoms in total. The zero-order valence-electron chi connectivity index (χ0n) is 12.5. The highest BCUT2D eigenvalue weighted by molar-refractivity contribution is 5.82. The van der Waals surface area contributed by atoms with E-state index in [0.717, 1.165) is 13.1 Å². The van der Waals surface area contributed by atoms with E-state index in [1.807, 2.05) is 13.8 Å². The summed E-state index contributed by atoms with van der Waals surface area (Å²) in [5, 5.41) is 3.22. The number of likely N-dealkylation sites (N-methyl/N-ethyl adjacent to an activating group) is 1. The second kappa shape index (κ2) is 6.34. The van der Waals surface area contributed by atoms with Gasteiger partial charge in [-0.2, -0.15) is 0 Å². The van der Waals surface area contributed by atoms with Crippen LogP contribution in [0.15, 0.2) is 0 Å². The average Bonchev–Trinajstić information content (AvgIpc) is 2.36. The van der Waals surface area contributed by atoms with Gasteiger partial charge < -0.3 is 15.0 Å². The van der Waals surface area contributed by atoms with Gasteiger partial charge in [-0.15, -0.1) is 0 Å². The lowest BCUT2D eigenvalue weighted by Gasteiger charge is -2.39. The fraction of sp³-hybridized carbons (Fsp3) is 0.846. The Labute approximate surface area is 115 Å². The molecule has 0 aliphatic carbocycles. The highest BCUT2D eigenvalue weighted by Gasteiger charge is 2.37. The maximum Gasteiger partial charge on any atom is 0.312 e. The lowest BCUT2D eigenvalue weighted by atomic mass is 9.91. The monoisotopic (exact) mass is 271 g/mol. The van der Waals surface area contributed by atoms with E-state index in [1.165, 1.54) is 7.11 Å². The van der Waals surface area contributed by atoms with Crippen LogP contribution in [0.2, 0.25) is 0 Å². The van der Waals surface area contributed by atoms with Crippen LogP contribution in [0, 0.1) is 5.41 Å². The van der Waals surface area contributed by atoms with E-state index < -0.39 is 5.41 Å². The third-order valence-electron chi connectivity index (χ3n) is 3.42. The molecular weight excluding hydrogens is 246 g/mol. The van der Waals surface area contributed by atoms with E-state index in [4.69, 9.17) is 4.74 Å². The number of methoxy groups -OCH3 is 1. The number of piperazine rings is 1. The summed E-state index contributed by atoms with van der Waals surface area (Å²) in [7, 11) is 4.89. The number of rotatable bonds is 4. The molecule has 6 heteroatoms. The summed E-state index contributed by atoms with van der Waals surface area (Å²) in [5.74, 6) is -0.185. The Morgan fingerprint density at radius 3 is 2.58 bits per heavy atom. The molecule has 0 saturated carbocycles. The van der Waals surface area contributed by atoms with Crippen molar-refractivity contribution in [1.29, 1.82) is 0 Å². The second-order valence-corrected chi connectivity index (χ2v) is 5.80. The van der Waals surface area contributed by atoms with E-state index in [2.05, 4.69) is 10.2 Å². The molecule has 0 radical (unpaired) electrons. The zero-order chi connectivity index (χ0) is 14.6. The quantitative estimate of drug-likeness (QED) is 0.702. The predicted octanol–water partition coefficient (Wildman–Crippen LogP) is -0.452. The van der Waals surface area contributed by atoms with Crippen molar-refractivity contribution in [3.05, 3.63) is 0 Å². The van der Waals surface area contributed by atoms with Crippen LogP contribution in [0.3, 0.4) is 0 Å². The van der Waals surface area contributed by atoms with Crippen molar-refractivity contribution in [3.8, 4) is 0 Å². The predicted molar refractivity (Wildman–Crippen MR) is 72.7 cm³/mol. The van der Waals surface area contributed by atoms with Crippen LogP contribution >= 0.6 is 0 Å². The zero-order valence-corrected chi connectivity index (χ0v) is 12.5. The van der Waals surface area contributed by atoms with Gasteiger partial charge in [0.1, 0.15) is 6.04 Å². The van der Waals surface area contributed by atoms with Crippen molar-refractivity contribution in [3.63, 3.8) is 0 Å². The van der Waals surface area contributed by atoms with Crippen LogP contribution in [0.5, 0.6) is 0 Å². The molecule has 1 aliphatic heterocycles. The second-order valence-electron chi connectivity index (χ2n) is 5.80. The molecule has 0 bridgehead atoms. The fourth-order valence-corrected chi connectivity index (χ4v) is 2.33. The normalized spacial score (nSPS) is 21.0. The number of amides is 1. The van der Waals surface area contributed by atoms with Gasteiger partial charge in [0.15, 0.2) is 0 Å². The molecule has 1 atom stereocenters. The Balaban J connectivity index is 2.78. The first kappa shape index (κ1) is 15.9. The maximum atomic E-state index is 12.2. The molecule has 1 unspecified atom stereocenters. The lowest BCUT2D eigenvalue weighted by molar-refractivity contribution is -0.153. The molecule has 110 valence electrons. The minimum absolute atomic E-state index is 0.0628. The Hall–Kier alpha value is -1.14. The van der Waals surface area contributed by atoms with Gasteiger partial charge in [-0.3, -0.25) is 14.5 Å². The number of nitrogens with zero attached hydrogens (tertiary/aromatic N) is 2. The molecule has 0 aromatic rings. The number of hydrogen-bond donors (Lipinski definition) is 1. The third kappa shape index (κ3) is 3.91. The van der Waals surface area contributed by atoms with Crippen LogP contribution in [0.4, 0.5) is 0 Å². The molecule has 1 N–H and O–H groups in total. The molecule has 0 spiro atoms. The van der Waals surface area contributed by atoms with Crippen molar-refractivity contribution in [2.75, 3.05) is 47.4 Å². The van der Waals surface area contributed by atoms with Gasteiger partial charge in [0, 0.05) is 40.3 Å². The summed E-state index contributed by atoms with van der Waals surface area (Å²) in [6, 6.07) is -0.215. The molecule has 1 fully saturated rings. The Bertz CT molecular complexity index is 342. The summed E-state index contributed by atoms with van der Waals surface area (Å²) >= 11 is 0. The topological polar surface area (TPSA) is 61.9 Å². The molecular formula is C13H25N3O3. The van der Waals surface area contributed by atoms with Crippen LogP contribution < -0.4 is 5.32 Å². The third-order valence-corrected chi connectivity index (χ3v) is 3.42. The first-order valence-electron chi connectivity index (χ1n) is 6.54. The van der Waals surface area contributed by atoms with Crippen LogP contribution in [-0.4, -0.2) is 75.1 Å². The van der Waals surface area contributed by atoms with Gasteiger partial charge in [0.05, 0.1) is 12.5 Å². The standard InChI is InChI=1S/C13H25N3O3/c1-13(2,12(18)19-5)9-16-7-6-14-8-10(16)11(17)15(3)4/h10,14H,6-9H2,1-5H3. The molecule has 0 aromatic carbocycles. The van der Waals surface area contributed by atoms with Crippen LogP contribution in [-0.2, 0) is 14.3 Å². The summed E-state index contributed by atoms with van der Waals surface area (Å²) < 4.78 is 4.82. The number of ether oxygens (including phenoxy) is 1. The molecule has 1 heterocycles. The average molecular weight is 271 g/mol. The molecule has 19 heavy (non-hydrogen) atoms. The minimum atomic E-state index is -0.614. The number of carbonyl (C=O) groups excluding carboxylic acids is 2. The Kier molecular flexibility index (Phi) is 5.31. The van der Waals surface area contributed by atoms with E-state index in [0.29, 0.717) is 13.1 Å². The van der Waals surface area contributed by atoms with Crippen molar-refractivity contribution in [1.82, 2.24) is 15.1 Å². The highest BCUT2D eigenvalue weighted by Crippen LogP contribution is 2.21. The Morgan fingerprint density at radius 2 is 2.05 bits per heavy atom. The first-order chi connectivity index (χ1) is 8.79. The Morgan fingerprint density at radius 1 is 1.42 bits per heavy atom. The van der Waals surface area contributed by atoms with Gasteiger partial charge in [-0.05, 0) is 13.8 Å². The van der Waals surface area contributed by atoms with Crippen molar-refractivity contribution in [2.24, 2.45) is 5.41 Å². The van der Waals surface area contributed by atoms with Gasteiger partial charge in [-0.1, -0.05) is 0 Å². The summed E-state index contributed by atoms with van der Waals surface area (Å²) in [6.07, 6.45) is 0. The van der Waals surface area contributed by atoms with E-state index in [-0.39, 0.29) is 17.9 Å². The summed E-state index contributed by atoms with van der Waals surface area (Å²) in [6.45, 7) is 6.41. The maximum absolute atomic E-state index is 12.2. The molecule has 1 amide bonds. The molecule has 1 aliphatic rings. The largest absolute Gasteiger partial charge is 0.469 e. The lowest BCUT2D eigenvalue weighted by Crippen LogP contribution is -2.59. The number of nitrogens with one attached hydrogen (secondary N) is 1. The number of esters is 1. The van der Waals surface area contributed by atoms with Crippen LogP contribution in [0.1, 0.15) is 13.8 Å². The SMILES string of the molecule is COC(=O)C(C)(C)CN1CCNCC1C(=O)N(C)C. The number of hydrogen-bond acceptors (Lipinski definition) is 5. The van der Waals surface area contributed by atoms with Gasteiger partial charge >= 0.3 is 5.97 Å². The molecule has 0 aromatic heterocycles. The van der Waals surface area contributed by atoms with Crippen molar-refractivity contribution < 1.29 is 14.3 Å². The van der Waals surface area contributed by atoms with Crippen LogP contribution in [0.25, 0.3) is 0 Å². The van der Waals surface area contributed by atoms with E-state index >= 15 is 0 Å². The van der Waals surface area contributed by atoms with Gasteiger partial charge in [-0.25, -0.2) is 0 Å². The highest BCUT2D eigenvalue weighted by atomic mass is 16.5.